The molecular formula is C13H18O3. The van der Waals surface area contributed by atoms with Crippen molar-refractivity contribution in [1.82, 2.24) is 0 Å². The van der Waals surface area contributed by atoms with Gasteiger partial charge in [-0.2, -0.15) is 0 Å². The van der Waals surface area contributed by atoms with Gasteiger partial charge in [-0.15, -0.1) is 0 Å². The smallest absolute Gasteiger partial charge is 0.339 e. The Kier molecular flexibility index (Phi) is 4.35. The van der Waals surface area contributed by atoms with Gasteiger partial charge in [-0.3, -0.25) is 0 Å². The van der Waals surface area contributed by atoms with Gasteiger partial charge in [0.2, 0.25) is 0 Å². The largest absolute Gasteiger partial charge is 0.496 e. The van der Waals surface area contributed by atoms with Crippen molar-refractivity contribution in [3.63, 3.8) is 0 Å². The number of ether oxygens (including phenoxy) is 1. The molecule has 0 aliphatic rings. The average molecular weight is 222 g/mol. The van der Waals surface area contributed by atoms with Crippen LogP contribution in [0.5, 0.6) is 5.75 Å². The summed E-state index contributed by atoms with van der Waals surface area (Å²) in [6.07, 6.45) is 4.93. The maximum Gasteiger partial charge on any atom is 0.339 e. The van der Waals surface area contributed by atoms with Crippen LogP contribution in [0.4, 0.5) is 0 Å². The van der Waals surface area contributed by atoms with E-state index < -0.39 is 0 Å². The van der Waals surface area contributed by atoms with Crippen molar-refractivity contribution in [2.24, 2.45) is 5.92 Å². The molecule has 16 heavy (non-hydrogen) atoms. The van der Waals surface area contributed by atoms with Crippen molar-refractivity contribution >= 4 is 6.08 Å². The van der Waals surface area contributed by atoms with E-state index in [1.54, 1.807) is 7.11 Å². The zero-order valence-corrected chi connectivity index (χ0v) is 10.2. The first-order chi connectivity index (χ1) is 7.58. The van der Waals surface area contributed by atoms with Crippen LogP contribution in [0.25, 0.3) is 6.08 Å². The van der Waals surface area contributed by atoms with E-state index in [1.165, 1.54) is 6.07 Å². The van der Waals surface area contributed by atoms with E-state index in [9.17, 15) is 4.79 Å². The lowest BCUT2D eigenvalue weighted by Gasteiger charge is -2.06. The van der Waals surface area contributed by atoms with Gasteiger partial charge in [0.05, 0.1) is 13.2 Å². The van der Waals surface area contributed by atoms with E-state index in [0.717, 1.165) is 12.0 Å². The summed E-state index contributed by atoms with van der Waals surface area (Å²) in [5.74, 6) is 1.61. The molecule has 0 saturated carbocycles. The molecule has 0 N–H and O–H groups in total. The summed E-state index contributed by atoms with van der Waals surface area (Å²) >= 11 is 0. The molecule has 1 heterocycles. The number of hydrogen-bond donors (Lipinski definition) is 0. The summed E-state index contributed by atoms with van der Waals surface area (Å²) in [5, 5.41) is 0. The van der Waals surface area contributed by atoms with Crippen LogP contribution in [0.2, 0.25) is 0 Å². The lowest BCUT2D eigenvalue weighted by molar-refractivity contribution is 0.395. The molecular weight excluding hydrogens is 204 g/mol. The van der Waals surface area contributed by atoms with Crippen LogP contribution >= 0.6 is 0 Å². The highest BCUT2D eigenvalue weighted by Gasteiger charge is 2.06. The van der Waals surface area contributed by atoms with Crippen LogP contribution in [0, 0.1) is 12.8 Å². The molecule has 0 amide bonds. The Labute approximate surface area is 95.7 Å². The minimum atomic E-state index is -0.383. The molecule has 3 heteroatoms. The minimum Gasteiger partial charge on any atom is -0.496 e. The molecule has 0 aliphatic heterocycles. The Balaban J connectivity index is 3.09. The van der Waals surface area contributed by atoms with E-state index in [2.05, 4.69) is 13.8 Å². The third-order valence-corrected chi connectivity index (χ3v) is 2.64. The van der Waals surface area contributed by atoms with Crippen molar-refractivity contribution in [2.45, 2.75) is 27.2 Å². The normalized spacial score (nSPS) is 13.0. The van der Waals surface area contributed by atoms with Gasteiger partial charge in [0.1, 0.15) is 11.5 Å². The van der Waals surface area contributed by atoms with Crippen LogP contribution in [0.1, 0.15) is 31.6 Å². The Bertz CT molecular complexity index is 429. The molecule has 1 aromatic rings. The van der Waals surface area contributed by atoms with Gasteiger partial charge >= 0.3 is 5.63 Å². The molecule has 1 atom stereocenters. The maximum absolute atomic E-state index is 11.3. The van der Waals surface area contributed by atoms with Gasteiger partial charge in [-0.05, 0) is 18.9 Å². The first kappa shape index (κ1) is 12.6. The molecule has 88 valence electrons. The number of hydrogen-bond acceptors (Lipinski definition) is 3. The number of methoxy groups -OCH3 is 1. The number of rotatable bonds is 4. The maximum atomic E-state index is 11.3. The Hall–Kier alpha value is -1.51. The van der Waals surface area contributed by atoms with Gasteiger partial charge in [0.25, 0.3) is 0 Å². The molecule has 0 saturated heterocycles. The van der Waals surface area contributed by atoms with Crippen molar-refractivity contribution in [3.8, 4) is 5.75 Å². The third kappa shape index (κ3) is 2.99. The molecule has 3 nitrogen and oxygen atoms in total. The summed E-state index contributed by atoms with van der Waals surface area (Å²) in [7, 11) is 1.55. The molecule has 0 aliphatic carbocycles. The highest BCUT2D eigenvalue weighted by molar-refractivity contribution is 5.51. The average Bonchev–Trinajstić information content (AvgIpc) is 2.29. The summed E-state index contributed by atoms with van der Waals surface area (Å²) in [6.45, 7) is 6.10. The van der Waals surface area contributed by atoms with Gasteiger partial charge < -0.3 is 9.15 Å². The molecule has 0 spiro atoms. The molecule has 0 bridgehead atoms. The van der Waals surface area contributed by atoms with E-state index >= 15 is 0 Å². The predicted molar refractivity (Wildman–Crippen MR) is 64.8 cm³/mol. The Morgan fingerprint density at radius 3 is 2.81 bits per heavy atom. The molecule has 0 radical (unpaired) electrons. The zero-order valence-electron chi connectivity index (χ0n) is 10.2. The summed E-state index contributed by atoms with van der Waals surface area (Å²) < 4.78 is 10.2. The monoisotopic (exact) mass is 222 g/mol. The summed E-state index contributed by atoms with van der Waals surface area (Å²) in [4.78, 5) is 11.3. The van der Waals surface area contributed by atoms with Crippen molar-refractivity contribution in [1.29, 1.82) is 0 Å². The molecule has 0 fully saturated rings. The Morgan fingerprint density at radius 2 is 2.25 bits per heavy atom. The zero-order chi connectivity index (χ0) is 12.1. The van der Waals surface area contributed by atoms with Crippen molar-refractivity contribution < 1.29 is 9.15 Å². The van der Waals surface area contributed by atoms with E-state index in [1.807, 2.05) is 19.1 Å². The second-order valence-corrected chi connectivity index (χ2v) is 3.87. The molecule has 1 rings (SSSR count). The van der Waals surface area contributed by atoms with Crippen LogP contribution < -0.4 is 10.4 Å². The minimum absolute atomic E-state index is 0.383. The van der Waals surface area contributed by atoms with Crippen LogP contribution in [-0.2, 0) is 0 Å². The van der Waals surface area contributed by atoms with Gasteiger partial charge in [-0.25, -0.2) is 4.79 Å². The summed E-state index contributed by atoms with van der Waals surface area (Å²) in [6, 6.07) is 1.36. The summed E-state index contributed by atoms with van der Waals surface area (Å²) in [5.41, 5.74) is 0.466. The predicted octanol–water partition coefficient (Wildman–Crippen LogP) is 3.02. The van der Waals surface area contributed by atoms with Crippen molar-refractivity contribution in [3.05, 3.63) is 33.9 Å². The lowest BCUT2D eigenvalue weighted by Crippen LogP contribution is -2.02. The second kappa shape index (κ2) is 5.54. The quantitative estimate of drug-likeness (QED) is 0.786. The van der Waals surface area contributed by atoms with Gasteiger partial charge in [0.15, 0.2) is 0 Å². The second-order valence-electron chi connectivity index (χ2n) is 3.87. The topological polar surface area (TPSA) is 39.4 Å². The van der Waals surface area contributed by atoms with Crippen LogP contribution in [0.3, 0.4) is 0 Å². The SMILES string of the molecule is CCC(C)/C=C/c1oc(=O)cc(OC)c1C. The standard InChI is InChI=1S/C13H18O3/c1-5-9(2)6-7-11-10(3)12(15-4)8-13(14)16-11/h6-9H,5H2,1-4H3/b7-6+. The third-order valence-electron chi connectivity index (χ3n) is 2.64. The fourth-order valence-corrected chi connectivity index (χ4v) is 1.31. The van der Waals surface area contributed by atoms with Crippen LogP contribution in [-0.4, -0.2) is 7.11 Å². The molecule has 1 unspecified atom stereocenters. The highest BCUT2D eigenvalue weighted by Crippen LogP contribution is 2.20. The fourth-order valence-electron chi connectivity index (χ4n) is 1.31. The Morgan fingerprint density at radius 1 is 1.56 bits per heavy atom. The van der Waals surface area contributed by atoms with Crippen molar-refractivity contribution in [2.75, 3.05) is 7.11 Å². The number of allylic oxidation sites excluding steroid dienone is 1. The fraction of sp³-hybridized carbons (Fsp3) is 0.462. The first-order valence-electron chi connectivity index (χ1n) is 5.45. The molecule has 0 aromatic carbocycles. The van der Waals surface area contributed by atoms with Crippen LogP contribution in [0.15, 0.2) is 21.4 Å². The highest BCUT2D eigenvalue weighted by atomic mass is 16.5. The van der Waals surface area contributed by atoms with E-state index in [-0.39, 0.29) is 5.63 Å². The van der Waals surface area contributed by atoms with Gasteiger partial charge in [0, 0.05) is 5.56 Å². The first-order valence-corrected chi connectivity index (χ1v) is 5.45. The van der Waals surface area contributed by atoms with E-state index in [0.29, 0.717) is 17.4 Å². The lowest BCUT2D eigenvalue weighted by atomic mass is 10.1. The molecule has 1 aromatic heterocycles. The van der Waals surface area contributed by atoms with E-state index in [4.69, 9.17) is 9.15 Å². The van der Waals surface area contributed by atoms with Gasteiger partial charge in [-0.1, -0.05) is 26.3 Å².